The number of rotatable bonds is 3. The van der Waals surface area contributed by atoms with Crippen molar-refractivity contribution in [2.75, 3.05) is 16.8 Å². The highest BCUT2D eigenvalue weighted by atomic mass is 19.1. The average Bonchev–Trinajstić information content (AvgIpc) is 3.11. The number of hydrogen-bond acceptors (Lipinski definition) is 3. The van der Waals surface area contributed by atoms with Crippen LogP contribution < -0.4 is 10.2 Å². The van der Waals surface area contributed by atoms with Gasteiger partial charge in [-0.25, -0.2) is 4.39 Å². The number of halogens is 1. The van der Waals surface area contributed by atoms with Crippen LogP contribution in [0.25, 0.3) is 0 Å². The summed E-state index contributed by atoms with van der Waals surface area (Å²) in [5.74, 6) is -0.960. The molecule has 0 bridgehead atoms. The number of carbonyl (C=O) groups is 2. The number of fused-ring (bicyclic) bond motifs is 1. The average molecular weight is 470 g/mol. The van der Waals surface area contributed by atoms with Crippen molar-refractivity contribution in [2.45, 2.75) is 39.0 Å². The zero-order valence-electron chi connectivity index (χ0n) is 19.7. The molecule has 178 valence electrons. The fourth-order valence-electron chi connectivity index (χ4n) is 5.41. The first-order chi connectivity index (χ1) is 16.9. The Balaban J connectivity index is 1.36. The molecule has 1 heterocycles. The highest BCUT2D eigenvalue weighted by Crippen LogP contribution is 2.45. The summed E-state index contributed by atoms with van der Waals surface area (Å²) in [5, 5.41) is 11.4. The molecule has 2 amide bonds. The van der Waals surface area contributed by atoms with Gasteiger partial charge in [-0.2, -0.15) is 0 Å². The summed E-state index contributed by atoms with van der Waals surface area (Å²) in [6.07, 6.45) is 4.47. The molecular weight excluding hydrogens is 441 g/mol. The van der Waals surface area contributed by atoms with Gasteiger partial charge in [0.25, 0.3) is 11.8 Å². The van der Waals surface area contributed by atoms with Gasteiger partial charge in [-0.3, -0.25) is 9.59 Å². The molecule has 1 atom stereocenters. The van der Waals surface area contributed by atoms with Crippen molar-refractivity contribution in [1.29, 1.82) is 5.41 Å². The van der Waals surface area contributed by atoms with E-state index in [2.05, 4.69) is 11.4 Å². The van der Waals surface area contributed by atoms with Crippen molar-refractivity contribution in [1.82, 2.24) is 0 Å². The second kappa shape index (κ2) is 9.10. The van der Waals surface area contributed by atoms with E-state index in [0.717, 1.165) is 49.1 Å². The Morgan fingerprint density at radius 2 is 1.80 bits per heavy atom. The normalized spacial score (nSPS) is 19.4. The molecule has 3 aromatic carbocycles. The van der Waals surface area contributed by atoms with Crippen molar-refractivity contribution >= 4 is 28.9 Å². The predicted molar refractivity (Wildman–Crippen MR) is 136 cm³/mol. The van der Waals surface area contributed by atoms with Crippen LogP contribution in [-0.2, 0) is 6.42 Å². The fraction of sp³-hybridized carbons (Fsp3) is 0.276. The fourth-order valence-corrected chi connectivity index (χ4v) is 5.41. The smallest absolute Gasteiger partial charge is 0.258 e. The summed E-state index contributed by atoms with van der Waals surface area (Å²) in [6, 6.07) is 18.9. The summed E-state index contributed by atoms with van der Waals surface area (Å²) in [5.41, 5.74) is 4.71. The second-order valence-electron chi connectivity index (χ2n) is 9.62. The van der Waals surface area contributed by atoms with Crippen molar-refractivity contribution in [3.8, 4) is 0 Å². The summed E-state index contributed by atoms with van der Waals surface area (Å²) < 4.78 is 13.6. The van der Waals surface area contributed by atoms with Crippen LogP contribution >= 0.6 is 0 Å². The Morgan fingerprint density at radius 3 is 2.54 bits per heavy atom. The van der Waals surface area contributed by atoms with Crippen LogP contribution in [-0.4, -0.2) is 24.1 Å². The van der Waals surface area contributed by atoms with Gasteiger partial charge in [-0.1, -0.05) is 24.3 Å². The predicted octanol–water partition coefficient (Wildman–Crippen LogP) is 6.17. The minimum Gasteiger partial charge on any atom is -0.322 e. The first-order valence-electron chi connectivity index (χ1n) is 12.0. The molecular formula is C29H28FN3O2. The molecule has 5 nitrogen and oxygen atoms in total. The van der Waals surface area contributed by atoms with Crippen molar-refractivity contribution < 1.29 is 14.0 Å². The van der Waals surface area contributed by atoms with Gasteiger partial charge in [-0.05, 0) is 92.6 Å². The lowest BCUT2D eigenvalue weighted by atomic mass is 9.76. The van der Waals surface area contributed by atoms with Gasteiger partial charge in [0.2, 0.25) is 0 Å². The Kier molecular flexibility index (Phi) is 5.97. The third-order valence-electron chi connectivity index (χ3n) is 7.43. The Bertz CT molecular complexity index is 1320. The summed E-state index contributed by atoms with van der Waals surface area (Å²) in [4.78, 5) is 28.0. The number of benzene rings is 3. The van der Waals surface area contributed by atoms with E-state index in [-0.39, 0.29) is 16.9 Å². The SMILES string of the molecule is Cc1ccc(F)cc1C(=O)Nc1ccc(C(=O)N2CCC3(CCCC3=N)Cc3ccccc32)cc1. The number of amides is 2. The van der Waals surface area contributed by atoms with E-state index in [1.807, 2.05) is 23.1 Å². The van der Waals surface area contributed by atoms with Crippen molar-refractivity contribution in [3.63, 3.8) is 0 Å². The van der Waals surface area contributed by atoms with Crippen LogP contribution in [0.15, 0.2) is 66.7 Å². The zero-order chi connectivity index (χ0) is 24.6. The molecule has 1 aliphatic heterocycles. The topological polar surface area (TPSA) is 73.3 Å². The molecule has 1 fully saturated rings. The van der Waals surface area contributed by atoms with Crippen LogP contribution in [0.2, 0.25) is 0 Å². The Morgan fingerprint density at radius 1 is 1.03 bits per heavy atom. The second-order valence-corrected chi connectivity index (χ2v) is 9.62. The van der Waals surface area contributed by atoms with Crippen LogP contribution in [0.3, 0.4) is 0 Å². The van der Waals surface area contributed by atoms with E-state index in [1.54, 1.807) is 37.3 Å². The number of aryl methyl sites for hydroxylation is 1. The first kappa shape index (κ1) is 23.0. The van der Waals surface area contributed by atoms with Crippen LogP contribution in [0, 0.1) is 23.6 Å². The van der Waals surface area contributed by atoms with E-state index < -0.39 is 11.7 Å². The summed E-state index contributed by atoms with van der Waals surface area (Å²) in [6.45, 7) is 2.32. The summed E-state index contributed by atoms with van der Waals surface area (Å²) >= 11 is 0. The molecule has 1 aliphatic carbocycles. The lowest BCUT2D eigenvalue weighted by Gasteiger charge is -2.28. The highest BCUT2D eigenvalue weighted by Gasteiger charge is 2.42. The van der Waals surface area contributed by atoms with Gasteiger partial charge < -0.3 is 15.6 Å². The molecule has 0 radical (unpaired) electrons. The molecule has 2 aliphatic rings. The van der Waals surface area contributed by atoms with Gasteiger partial charge in [0.15, 0.2) is 0 Å². The van der Waals surface area contributed by atoms with Gasteiger partial charge in [0.1, 0.15) is 5.82 Å². The Hall–Kier alpha value is -3.80. The Labute approximate surface area is 204 Å². The van der Waals surface area contributed by atoms with Crippen LogP contribution in [0.1, 0.15) is 57.5 Å². The maximum absolute atomic E-state index is 13.6. The monoisotopic (exact) mass is 469 g/mol. The number of carbonyl (C=O) groups excluding carboxylic acids is 2. The molecule has 3 aromatic rings. The molecule has 5 rings (SSSR count). The van der Waals surface area contributed by atoms with E-state index in [1.165, 1.54) is 12.1 Å². The van der Waals surface area contributed by atoms with E-state index in [9.17, 15) is 14.0 Å². The third-order valence-corrected chi connectivity index (χ3v) is 7.43. The van der Waals surface area contributed by atoms with Gasteiger partial charge >= 0.3 is 0 Å². The van der Waals surface area contributed by atoms with Crippen LogP contribution in [0.5, 0.6) is 0 Å². The highest BCUT2D eigenvalue weighted by molar-refractivity contribution is 6.08. The number of anilines is 2. The maximum atomic E-state index is 13.6. The lowest BCUT2D eigenvalue weighted by Crippen LogP contribution is -2.34. The molecule has 35 heavy (non-hydrogen) atoms. The lowest BCUT2D eigenvalue weighted by molar-refractivity contribution is 0.0984. The molecule has 1 unspecified atom stereocenters. The number of nitrogens with one attached hydrogen (secondary N) is 2. The largest absolute Gasteiger partial charge is 0.322 e. The maximum Gasteiger partial charge on any atom is 0.258 e. The molecule has 0 aromatic heterocycles. The van der Waals surface area contributed by atoms with Gasteiger partial charge in [-0.15, -0.1) is 0 Å². The van der Waals surface area contributed by atoms with E-state index in [4.69, 9.17) is 5.41 Å². The third kappa shape index (κ3) is 4.36. The van der Waals surface area contributed by atoms with Crippen LogP contribution in [0.4, 0.5) is 15.8 Å². The number of para-hydroxylation sites is 1. The molecule has 1 spiro atoms. The quantitative estimate of drug-likeness (QED) is 0.481. The van der Waals surface area contributed by atoms with E-state index in [0.29, 0.717) is 23.4 Å². The number of hydrogen-bond donors (Lipinski definition) is 2. The minimum atomic E-state index is -0.464. The molecule has 6 heteroatoms. The first-order valence-corrected chi connectivity index (χ1v) is 12.0. The van der Waals surface area contributed by atoms with Gasteiger partial charge in [0.05, 0.1) is 0 Å². The molecule has 1 saturated carbocycles. The zero-order valence-corrected chi connectivity index (χ0v) is 19.7. The van der Waals surface area contributed by atoms with E-state index >= 15 is 0 Å². The molecule has 2 N–H and O–H groups in total. The standard InChI is InChI=1S/C29H28FN3O2/c1-19-8-11-22(30)17-24(19)27(34)32-23-12-9-20(10-13-23)28(35)33-16-15-29(14-4-7-26(29)31)18-21-5-2-3-6-25(21)33/h2-3,5-6,8-13,17,31H,4,7,14-16,18H2,1H3,(H,32,34). The molecule has 0 saturated heterocycles. The van der Waals surface area contributed by atoms with Gasteiger partial charge in [0, 0.05) is 40.2 Å². The number of nitrogens with zero attached hydrogens (tertiary/aromatic N) is 1. The minimum absolute atomic E-state index is 0.0992. The van der Waals surface area contributed by atoms with Crippen molar-refractivity contribution in [2.24, 2.45) is 5.41 Å². The van der Waals surface area contributed by atoms with Crippen molar-refractivity contribution in [3.05, 3.63) is 94.8 Å². The summed E-state index contributed by atoms with van der Waals surface area (Å²) in [7, 11) is 0.